The molecule has 2 heterocycles. The summed E-state index contributed by atoms with van der Waals surface area (Å²) in [6, 6.07) is 7.68. The fourth-order valence-corrected chi connectivity index (χ4v) is 2.71. The van der Waals surface area contributed by atoms with Crippen molar-refractivity contribution in [2.45, 2.75) is 0 Å². The molecule has 130 valence electrons. The van der Waals surface area contributed by atoms with Gasteiger partial charge >= 0.3 is 5.69 Å². The highest BCUT2D eigenvalue weighted by molar-refractivity contribution is 6.39. The standard InChI is InChI=1S/C15H7Cl3N6O2/c16-7-1-2-12(20-6-7)21-13-9(17)3-8(4-10(13)18)24-15(26)22-14(25)11(5-19)23-24/h1-4,6H,(H,20,21)(H,22,25,26). The van der Waals surface area contributed by atoms with Crippen molar-refractivity contribution in [2.24, 2.45) is 0 Å². The summed E-state index contributed by atoms with van der Waals surface area (Å²) >= 11 is 18.3. The van der Waals surface area contributed by atoms with Crippen LogP contribution in [-0.2, 0) is 0 Å². The van der Waals surface area contributed by atoms with E-state index in [1.54, 1.807) is 18.2 Å². The fraction of sp³-hybridized carbons (Fsp3) is 0. The molecule has 3 rings (SSSR count). The van der Waals surface area contributed by atoms with Gasteiger partial charge in [-0.3, -0.25) is 9.78 Å². The molecule has 0 saturated heterocycles. The first-order valence-corrected chi connectivity index (χ1v) is 8.04. The van der Waals surface area contributed by atoms with Gasteiger partial charge in [-0.15, -0.1) is 5.10 Å². The highest BCUT2D eigenvalue weighted by atomic mass is 35.5. The molecule has 11 heteroatoms. The zero-order valence-corrected chi connectivity index (χ0v) is 14.9. The predicted molar refractivity (Wildman–Crippen MR) is 97.7 cm³/mol. The van der Waals surface area contributed by atoms with E-state index in [1.807, 2.05) is 4.98 Å². The van der Waals surface area contributed by atoms with Crippen LogP contribution >= 0.6 is 34.8 Å². The van der Waals surface area contributed by atoms with E-state index in [4.69, 9.17) is 40.1 Å². The molecule has 3 aromatic rings. The number of halogens is 3. The Balaban J connectivity index is 2.05. The van der Waals surface area contributed by atoms with E-state index in [0.29, 0.717) is 16.5 Å². The van der Waals surface area contributed by atoms with Gasteiger partial charge in [-0.05, 0) is 24.3 Å². The molecule has 2 aromatic heterocycles. The molecule has 0 radical (unpaired) electrons. The first-order chi connectivity index (χ1) is 12.4. The van der Waals surface area contributed by atoms with Crippen molar-refractivity contribution in [3.05, 3.63) is 72.1 Å². The van der Waals surface area contributed by atoms with E-state index in [-0.39, 0.29) is 15.7 Å². The van der Waals surface area contributed by atoms with Crippen molar-refractivity contribution >= 4 is 46.3 Å². The summed E-state index contributed by atoms with van der Waals surface area (Å²) in [5, 5.41) is 16.3. The molecule has 0 unspecified atom stereocenters. The Bertz CT molecular complexity index is 1120. The third-order valence-corrected chi connectivity index (χ3v) is 4.01. The summed E-state index contributed by atoms with van der Waals surface area (Å²) in [5.41, 5.74) is -1.65. The van der Waals surface area contributed by atoms with Gasteiger partial charge in [-0.25, -0.2) is 9.78 Å². The monoisotopic (exact) mass is 408 g/mol. The van der Waals surface area contributed by atoms with Gasteiger partial charge in [0.05, 0.1) is 26.4 Å². The van der Waals surface area contributed by atoms with Gasteiger partial charge in [0.1, 0.15) is 11.9 Å². The van der Waals surface area contributed by atoms with E-state index in [2.05, 4.69) is 15.4 Å². The van der Waals surface area contributed by atoms with E-state index >= 15 is 0 Å². The lowest BCUT2D eigenvalue weighted by Crippen LogP contribution is -2.33. The minimum Gasteiger partial charge on any atom is -0.338 e. The quantitative estimate of drug-likeness (QED) is 0.687. The molecule has 0 bridgehead atoms. The molecule has 0 amide bonds. The number of H-pyrrole nitrogens is 1. The Morgan fingerprint density at radius 3 is 2.42 bits per heavy atom. The summed E-state index contributed by atoms with van der Waals surface area (Å²) < 4.78 is 0.821. The lowest BCUT2D eigenvalue weighted by atomic mass is 10.2. The van der Waals surface area contributed by atoms with Crippen LogP contribution in [0, 0.1) is 11.3 Å². The average Bonchev–Trinajstić information content (AvgIpc) is 2.60. The maximum Gasteiger partial charge on any atom is 0.349 e. The Labute approximate surface area is 160 Å². The average molecular weight is 410 g/mol. The van der Waals surface area contributed by atoms with Gasteiger partial charge in [0.2, 0.25) is 5.69 Å². The number of hydrogen-bond acceptors (Lipinski definition) is 6. The minimum absolute atomic E-state index is 0.169. The molecular weight excluding hydrogens is 403 g/mol. The van der Waals surface area contributed by atoms with Crippen molar-refractivity contribution in [3.63, 3.8) is 0 Å². The Hall–Kier alpha value is -2.86. The number of anilines is 2. The van der Waals surface area contributed by atoms with E-state index in [1.165, 1.54) is 18.3 Å². The summed E-state index contributed by atoms with van der Waals surface area (Å²) in [6.45, 7) is 0. The molecule has 0 aliphatic heterocycles. The number of pyridine rings is 1. The van der Waals surface area contributed by atoms with Crippen molar-refractivity contribution in [2.75, 3.05) is 5.32 Å². The molecule has 0 fully saturated rings. The summed E-state index contributed by atoms with van der Waals surface area (Å²) in [6.07, 6.45) is 1.45. The van der Waals surface area contributed by atoms with Crippen LogP contribution in [0.3, 0.4) is 0 Å². The van der Waals surface area contributed by atoms with Gasteiger partial charge in [0.25, 0.3) is 5.56 Å². The lowest BCUT2D eigenvalue weighted by molar-refractivity contribution is 0.740. The summed E-state index contributed by atoms with van der Waals surface area (Å²) in [7, 11) is 0. The number of aromatic nitrogens is 4. The molecule has 0 spiro atoms. The molecule has 0 atom stereocenters. The van der Waals surface area contributed by atoms with Crippen molar-refractivity contribution < 1.29 is 0 Å². The second-order valence-corrected chi connectivity index (χ2v) is 6.15. The first-order valence-electron chi connectivity index (χ1n) is 6.91. The van der Waals surface area contributed by atoms with Gasteiger partial charge in [0, 0.05) is 6.20 Å². The Morgan fingerprint density at radius 2 is 1.85 bits per heavy atom. The van der Waals surface area contributed by atoms with Gasteiger partial charge in [-0.2, -0.15) is 9.94 Å². The number of rotatable bonds is 3. The van der Waals surface area contributed by atoms with E-state index in [0.717, 1.165) is 4.68 Å². The number of aromatic amines is 1. The van der Waals surface area contributed by atoms with Crippen LogP contribution in [0.1, 0.15) is 5.69 Å². The number of nitriles is 1. The van der Waals surface area contributed by atoms with E-state index < -0.39 is 16.9 Å². The van der Waals surface area contributed by atoms with Crippen LogP contribution in [0.25, 0.3) is 5.69 Å². The molecular formula is C15H7Cl3N6O2. The minimum atomic E-state index is -0.877. The highest BCUT2D eigenvalue weighted by Crippen LogP contribution is 2.34. The molecule has 26 heavy (non-hydrogen) atoms. The van der Waals surface area contributed by atoms with Crippen LogP contribution in [-0.4, -0.2) is 19.7 Å². The number of nitrogens with zero attached hydrogens (tertiary/aromatic N) is 4. The third-order valence-electron chi connectivity index (χ3n) is 3.19. The van der Waals surface area contributed by atoms with Crippen LogP contribution in [0.5, 0.6) is 0 Å². The van der Waals surface area contributed by atoms with Crippen molar-refractivity contribution in [3.8, 4) is 11.8 Å². The second kappa shape index (κ2) is 7.17. The summed E-state index contributed by atoms with van der Waals surface area (Å²) in [5.74, 6) is 0.456. The first kappa shape index (κ1) is 17.9. The smallest absolute Gasteiger partial charge is 0.338 e. The second-order valence-electron chi connectivity index (χ2n) is 4.90. The normalized spacial score (nSPS) is 10.4. The predicted octanol–water partition coefficient (Wildman–Crippen LogP) is 2.89. The summed E-state index contributed by atoms with van der Waals surface area (Å²) in [4.78, 5) is 29.5. The SMILES string of the molecule is N#Cc1nn(-c2cc(Cl)c(Nc3ccc(Cl)cn3)c(Cl)c2)c(=O)[nH]c1=O. The van der Waals surface area contributed by atoms with Crippen LogP contribution in [0.15, 0.2) is 40.1 Å². The number of benzene rings is 1. The zero-order chi connectivity index (χ0) is 18.8. The largest absolute Gasteiger partial charge is 0.349 e. The van der Waals surface area contributed by atoms with E-state index in [9.17, 15) is 9.59 Å². The maximum atomic E-state index is 12.0. The van der Waals surface area contributed by atoms with Crippen LogP contribution < -0.4 is 16.6 Å². The Kier molecular flexibility index (Phi) is 4.95. The molecule has 0 saturated carbocycles. The molecule has 2 N–H and O–H groups in total. The lowest BCUT2D eigenvalue weighted by Gasteiger charge is -2.12. The van der Waals surface area contributed by atoms with Crippen molar-refractivity contribution in [1.29, 1.82) is 5.26 Å². The zero-order valence-electron chi connectivity index (χ0n) is 12.6. The molecule has 8 nitrogen and oxygen atoms in total. The molecule has 0 aliphatic carbocycles. The van der Waals surface area contributed by atoms with Crippen LogP contribution in [0.2, 0.25) is 15.1 Å². The fourth-order valence-electron chi connectivity index (χ4n) is 2.03. The number of hydrogen-bond donors (Lipinski definition) is 2. The van der Waals surface area contributed by atoms with Gasteiger partial charge in [-0.1, -0.05) is 34.8 Å². The van der Waals surface area contributed by atoms with Gasteiger partial charge < -0.3 is 5.32 Å². The highest BCUT2D eigenvalue weighted by Gasteiger charge is 2.14. The Morgan fingerprint density at radius 1 is 1.15 bits per heavy atom. The molecule has 0 aliphatic rings. The third kappa shape index (κ3) is 3.55. The maximum absolute atomic E-state index is 12.0. The topological polar surface area (TPSA) is 116 Å². The van der Waals surface area contributed by atoms with Crippen LogP contribution in [0.4, 0.5) is 11.5 Å². The van der Waals surface area contributed by atoms with Gasteiger partial charge in [0.15, 0.2) is 0 Å². The molecule has 1 aromatic carbocycles. The van der Waals surface area contributed by atoms with Crippen molar-refractivity contribution in [1.82, 2.24) is 19.7 Å². The number of nitrogens with one attached hydrogen (secondary N) is 2.